The van der Waals surface area contributed by atoms with E-state index in [0.717, 1.165) is 0 Å². The maximum Gasteiger partial charge on any atom is 0.430 e. The van der Waals surface area contributed by atoms with Crippen molar-refractivity contribution in [3.8, 4) is 0 Å². The first-order chi connectivity index (χ1) is 8.64. The van der Waals surface area contributed by atoms with E-state index in [0.29, 0.717) is 0 Å². The average Bonchev–Trinajstić information content (AvgIpc) is 2.70. The lowest BCUT2D eigenvalue weighted by Crippen LogP contribution is -2.23. The third kappa shape index (κ3) is 2.03. The lowest BCUT2D eigenvalue weighted by atomic mass is 10.2. The number of H-pyrrole nitrogens is 1. The van der Waals surface area contributed by atoms with Crippen LogP contribution >= 0.6 is 0 Å². The van der Waals surface area contributed by atoms with Crippen LogP contribution in [-0.2, 0) is 15.5 Å². The van der Waals surface area contributed by atoms with Gasteiger partial charge in [-0.3, -0.25) is 4.79 Å². The van der Waals surface area contributed by atoms with Gasteiger partial charge >= 0.3 is 15.5 Å². The molecule has 2 aromatic rings. The number of aromatic amines is 1. The van der Waals surface area contributed by atoms with E-state index >= 15 is 0 Å². The van der Waals surface area contributed by atoms with Crippen LogP contribution in [0.25, 0.3) is 11.0 Å². The summed E-state index contributed by atoms with van der Waals surface area (Å²) in [7, 11) is -6.18. The molecule has 0 bridgehead atoms. The standard InChI is InChI=1S/C9H6F3N3O3S/c10-9(11,19(12,17)18)8-14-5-3-1-2-4(7(13)16)6(5)15-8/h1-3H,(H2,13,16)(H,14,15). The predicted octanol–water partition coefficient (Wildman–Crippen LogP) is 1.01. The number of halogens is 3. The van der Waals surface area contributed by atoms with Crippen LogP contribution in [-0.4, -0.2) is 24.3 Å². The molecule has 0 aliphatic heterocycles. The molecule has 0 atom stereocenters. The Morgan fingerprint density at radius 3 is 2.53 bits per heavy atom. The minimum absolute atomic E-state index is 0.0605. The van der Waals surface area contributed by atoms with Gasteiger partial charge in [0.2, 0.25) is 0 Å². The summed E-state index contributed by atoms with van der Waals surface area (Å²) in [5.41, 5.74) is 4.51. The zero-order valence-electron chi connectivity index (χ0n) is 9.02. The normalized spacial score (nSPS) is 12.8. The van der Waals surface area contributed by atoms with Crippen molar-refractivity contribution >= 4 is 27.2 Å². The molecule has 19 heavy (non-hydrogen) atoms. The first-order valence-electron chi connectivity index (χ1n) is 4.75. The number of hydrogen-bond donors (Lipinski definition) is 2. The van der Waals surface area contributed by atoms with Gasteiger partial charge in [-0.1, -0.05) is 9.95 Å². The Kier molecular flexibility index (Phi) is 2.77. The van der Waals surface area contributed by atoms with E-state index < -0.39 is 27.2 Å². The third-order valence-electron chi connectivity index (χ3n) is 2.36. The highest BCUT2D eigenvalue weighted by atomic mass is 32.3. The first kappa shape index (κ1) is 13.3. The van der Waals surface area contributed by atoms with Gasteiger partial charge in [-0.2, -0.15) is 17.2 Å². The summed E-state index contributed by atoms with van der Waals surface area (Å²) < 4.78 is 59.8. The number of fused-ring (bicyclic) bond motifs is 1. The van der Waals surface area contributed by atoms with Crippen LogP contribution in [0.5, 0.6) is 0 Å². The number of hydrogen-bond acceptors (Lipinski definition) is 4. The van der Waals surface area contributed by atoms with Crippen molar-refractivity contribution in [2.45, 2.75) is 5.25 Å². The maximum absolute atomic E-state index is 13.3. The van der Waals surface area contributed by atoms with Crippen LogP contribution < -0.4 is 5.73 Å². The molecule has 1 amide bonds. The van der Waals surface area contributed by atoms with Crippen LogP contribution in [0.4, 0.5) is 12.7 Å². The van der Waals surface area contributed by atoms with Gasteiger partial charge in [0, 0.05) is 0 Å². The van der Waals surface area contributed by atoms with Crippen molar-refractivity contribution in [3.63, 3.8) is 0 Å². The number of rotatable bonds is 3. The van der Waals surface area contributed by atoms with E-state index in [4.69, 9.17) is 5.73 Å². The molecule has 102 valence electrons. The van der Waals surface area contributed by atoms with Gasteiger partial charge in [0.25, 0.3) is 5.91 Å². The molecule has 0 fully saturated rings. The number of carbonyl (C=O) groups is 1. The predicted molar refractivity (Wildman–Crippen MR) is 58.5 cm³/mol. The van der Waals surface area contributed by atoms with Crippen molar-refractivity contribution in [2.75, 3.05) is 0 Å². The molecule has 3 N–H and O–H groups in total. The number of carbonyl (C=O) groups excluding carboxylic acids is 1. The Balaban J connectivity index is 2.73. The van der Waals surface area contributed by atoms with Crippen LogP contribution in [0.3, 0.4) is 0 Å². The Morgan fingerprint density at radius 2 is 2.00 bits per heavy atom. The SMILES string of the molecule is NC(=O)c1cccc2[nH]c(C(F)(F)S(=O)(=O)F)nc12. The molecule has 0 aliphatic rings. The molecule has 2 rings (SSSR count). The van der Waals surface area contributed by atoms with Crippen molar-refractivity contribution in [1.82, 2.24) is 9.97 Å². The Bertz CT molecular complexity index is 769. The number of benzene rings is 1. The highest BCUT2D eigenvalue weighted by molar-refractivity contribution is 7.87. The average molecular weight is 293 g/mol. The summed E-state index contributed by atoms with van der Waals surface area (Å²) in [4.78, 5) is 16.3. The molecule has 0 saturated heterocycles. The van der Waals surface area contributed by atoms with Gasteiger partial charge in [-0.05, 0) is 12.1 Å². The Hall–Kier alpha value is -2.10. The lowest BCUT2D eigenvalue weighted by Gasteiger charge is -2.06. The zero-order valence-corrected chi connectivity index (χ0v) is 9.84. The fourth-order valence-corrected chi connectivity index (χ4v) is 1.81. The topological polar surface area (TPSA) is 106 Å². The minimum atomic E-state index is -6.18. The highest BCUT2D eigenvalue weighted by Gasteiger charge is 2.50. The van der Waals surface area contributed by atoms with Crippen LogP contribution in [0.1, 0.15) is 16.2 Å². The van der Waals surface area contributed by atoms with E-state index in [-0.39, 0.29) is 16.6 Å². The molecule has 6 nitrogen and oxygen atoms in total. The van der Waals surface area contributed by atoms with E-state index in [1.165, 1.54) is 18.2 Å². The third-order valence-corrected chi connectivity index (χ3v) is 3.17. The summed E-state index contributed by atoms with van der Waals surface area (Å²) in [5.74, 6) is -2.35. The van der Waals surface area contributed by atoms with Gasteiger partial charge in [0.15, 0.2) is 5.82 Å². The van der Waals surface area contributed by atoms with Gasteiger partial charge in [-0.15, -0.1) is 0 Å². The van der Waals surface area contributed by atoms with Crippen molar-refractivity contribution in [3.05, 3.63) is 29.6 Å². The van der Waals surface area contributed by atoms with E-state index in [2.05, 4.69) is 4.98 Å². The minimum Gasteiger partial charge on any atom is -0.366 e. The number of amides is 1. The number of para-hydroxylation sites is 1. The van der Waals surface area contributed by atoms with Crippen LogP contribution in [0.2, 0.25) is 0 Å². The summed E-state index contributed by atoms with van der Waals surface area (Å²) in [6.07, 6.45) is 0. The molecule has 1 aromatic heterocycles. The van der Waals surface area contributed by atoms with Crippen molar-refractivity contribution < 1.29 is 25.9 Å². The fraction of sp³-hybridized carbons (Fsp3) is 0.111. The molecular formula is C9H6F3N3O3S. The number of aromatic nitrogens is 2. The molecule has 0 aliphatic carbocycles. The molecule has 0 spiro atoms. The van der Waals surface area contributed by atoms with Gasteiger partial charge in [0.05, 0.1) is 11.1 Å². The molecule has 1 aromatic carbocycles. The second-order valence-electron chi connectivity index (χ2n) is 3.61. The number of nitrogens with zero attached hydrogens (tertiary/aromatic N) is 1. The van der Waals surface area contributed by atoms with Gasteiger partial charge in [-0.25, -0.2) is 4.98 Å². The smallest absolute Gasteiger partial charge is 0.366 e. The van der Waals surface area contributed by atoms with E-state index in [9.17, 15) is 25.9 Å². The number of nitrogens with one attached hydrogen (secondary N) is 1. The second kappa shape index (κ2) is 3.95. The quantitative estimate of drug-likeness (QED) is 0.824. The second-order valence-corrected chi connectivity index (χ2v) is 4.99. The number of imidazole rings is 1. The summed E-state index contributed by atoms with van der Waals surface area (Å²) in [5, 5.41) is -4.83. The molecule has 1 heterocycles. The highest BCUT2D eigenvalue weighted by Crippen LogP contribution is 2.34. The number of alkyl halides is 2. The summed E-state index contributed by atoms with van der Waals surface area (Å²) in [6, 6.07) is 3.81. The van der Waals surface area contributed by atoms with E-state index in [1.807, 2.05) is 4.98 Å². The lowest BCUT2D eigenvalue weighted by molar-refractivity contribution is 0.0755. The summed E-state index contributed by atoms with van der Waals surface area (Å²) >= 11 is 0. The molecule has 0 saturated carbocycles. The van der Waals surface area contributed by atoms with Crippen molar-refractivity contribution in [2.24, 2.45) is 5.73 Å². The van der Waals surface area contributed by atoms with Gasteiger partial charge in [0.1, 0.15) is 5.52 Å². The van der Waals surface area contributed by atoms with Gasteiger partial charge < -0.3 is 10.7 Å². The number of primary amides is 1. The zero-order chi connectivity index (χ0) is 14.4. The maximum atomic E-state index is 13.3. The summed E-state index contributed by atoms with van der Waals surface area (Å²) in [6.45, 7) is 0. The fourth-order valence-electron chi connectivity index (χ4n) is 1.48. The van der Waals surface area contributed by atoms with Crippen LogP contribution in [0.15, 0.2) is 18.2 Å². The van der Waals surface area contributed by atoms with Crippen molar-refractivity contribution in [1.29, 1.82) is 0 Å². The molecular weight excluding hydrogens is 287 g/mol. The monoisotopic (exact) mass is 293 g/mol. The molecule has 0 unspecified atom stereocenters. The molecule has 10 heteroatoms. The number of nitrogens with two attached hydrogens (primary N) is 1. The Labute approximate surface area is 104 Å². The van der Waals surface area contributed by atoms with Crippen LogP contribution in [0, 0.1) is 0 Å². The Morgan fingerprint density at radius 1 is 1.37 bits per heavy atom. The first-order valence-corrected chi connectivity index (χ1v) is 6.14. The largest absolute Gasteiger partial charge is 0.430 e. The molecule has 0 radical (unpaired) electrons. The van der Waals surface area contributed by atoms with E-state index in [1.54, 1.807) is 0 Å².